The lowest BCUT2D eigenvalue weighted by Crippen LogP contribution is -2.14. The van der Waals surface area contributed by atoms with Crippen molar-refractivity contribution in [2.45, 2.75) is 12.5 Å². The van der Waals surface area contributed by atoms with E-state index in [-0.39, 0.29) is 0 Å². The van der Waals surface area contributed by atoms with E-state index in [1.54, 1.807) is 7.11 Å². The maximum atomic E-state index is 13.2. The monoisotopic (exact) mass is 201 g/mol. The topological polar surface area (TPSA) is 35.2 Å². The summed E-state index contributed by atoms with van der Waals surface area (Å²) >= 11 is 0. The highest BCUT2D eigenvalue weighted by Crippen LogP contribution is 2.18. The van der Waals surface area contributed by atoms with Gasteiger partial charge in [0, 0.05) is 31.4 Å². The Hall–Kier alpha value is -1.00. The Kier molecular flexibility index (Phi) is 3.98. The Bertz CT molecular complexity index is 304. The maximum absolute atomic E-state index is 13.2. The molecule has 4 heteroatoms. The maximum Gasteiger partial charge on any atom is 0.130 e. The van der Waals surface area contributed by atoms with E-state index in [0.717, 1.165) is 6.07 Å². The van der Waals surface area contributed by atoms with Gasteiger partial charge in [-0.1, -0.05) is 6.07 Å². The number of ether oxygens (including phenoxy) is 1. The van der Waals surface area contributed by atoms with Crippen LogP contribution in [-0.2, 0) is 4.74 Å². The van der Waals surface area contributed by atoms with E-state index in [9.17, 15) is 8.78 Å². The fourth-order valence-electron chi connectivity index (χ4n) is 1.20. The molecule has 0 heterocycles. The molecule has 2 nitrogen and oxygen atoms in total. The van der Waals surface area contributed by atoms with E-state index in [2.05, 4.69) is 0 Å². The van der Waals surface area contributed by atoms with Crippen molar-refractivity contribution in [1.82, 2.24) is 0 Å². The fraction of sp³-hybridized carbons (Fsp3) is 0.400. The van der Waals surface area contributed by atoms with Crippen LogP contribution in [0, 0.1) is 11.6 Å². The molecule has 1 aromatic carbocycles. The molecule has 0 saturated heterocycles. The molecule has 78 valence electrons. The Morgan fingerprint density at radius 3 is 2.71 bits per heavy atom. The van der Waals surface area contributed by atoms with Crippen LogP contribution in [0.5, 0.6) is 0 Å². The molecule has 0 radical (unpaired) electrons. The number of rotatable bonds is 4. The van der Waals surface area contributed by atoms with Gasteiger partial charge in [0.1, 0.15) is 11.6 Å². The summed E-state index contributed by atoms with van der Waals surface area (Å²) in [6, 6.07) is 2.95. The van der Waals surface area contributed by atoms with Gasteiger partial charge < -0.3 is 10.5 Å². The summed E-state index contributed by atoms with van der Waals surface area (Å²) in [5.74, 6) is -1.20. The normalized spacial score (nSPS) is 12.9. The third kappa shape index (κ3) is 2.75. The average molecular weight is 201 g/mol. The molecule has 14 heavy (non-hydrogen) atoms. The quantitative estimate of drug-likeness (QED) is 0.808. The van der Waals surface area contributed by atoms with Gasteiger partial charge in [-0.2, -0.15) is 0 Å². The number of halogens is 2. The highest BCUT2D eigenvalue weighted by atomic mass is 19.1. The molecule has 1 atom stereocenters. The minimum Gasteiger partial charge on any atom is -0.385 e. The standard InChI is InChI=1S/C10H13F2NO/c1-14-5-4-10(13)8-3-2-7(11)6-9(8)12/h2-3,6,10H,4-5,13H2,1H3. The minimum absolute atomic E-state index is 0.323. The third-order valence-corrected chi connectivity index (χ3v) is 1.99. The van der Waals surface area contributed by atoms with Gasteiger partial charge in [-0.15, -0.1) is 0 Å². The summed E-state index contributed by atoms with van der Waals surface area (Å²) in [5, 5.41) is 0. The van der Waals surface area contributed by atoms with Crippen molar-refractivity contribution >= 4 is 0 Å². The molecule has 0 aliphatic rings. The number of benzene rings is 1. The highest BCUT2D eigenvalue weighted by molar-refractivity contribution is 5.21. The van der Waals surface area contributed by atoms with Crippen LogP contribution in [0.3, 0.4) is 0 Å². The van der Waals surface area contributed by atoms with Crippen LogP contribution < -0.4 is 5.73 Å². The van der Waals surface area contributed by atoms with Gasteiger partial charge in [-0.3, -0.25) is 0 Å². The Balaban J connectivity index is 2.74. The van der Waals surface area contributed by atoms with Gasteiger partial charge >= 0.3 is 0 Å². The third-order valence-electron chi connectivity index (χ3n) is 1.99. The molecule has 0 aliphatic heterocycles. The lowest BCUT2D eigenvalue weighted by molar-refractivity contribution is 0.187. The van der Waals surface area contributed by atoms with E-state index in [1.165, 1.54) is 12.1 Å². The molecule has 1 rings (SSSR count). The predicted octanol–water partition coefficient (Wildman–Crippen LogP) is 2.00. The number of hydrogen-bond donors (Lipinski definition) is 1. The molecule has 2 N–H and O–H groups in total. The zero-order valence-electron chi connectivity index (χ0n) is 7.97. The molecule has 0 aromatic heterocycles. The zero-order chi connectivity index (χ0) is 10.6. The smallest absolute Gasteiger partial charge is 0.130 e. The molecule has 0 amide bonds. The molecule has 0 saturated carbocycles. The second kappa shape index (κ2) is 5.02. The average Bonchev–Trinajstić information content (AvgIpc) is 2.14. The Morgan fingerprint density at radius 1 is 1.43 bits per heavy atom. The van der Waals surface area contributed by atoms with Gasteiger partial charge in [-0.05, 0) is 12.5 Å². The van der Waals surface area contributed by atoms with E-state index in [0.29, 0.717) is 18.6 Å². The molecule has 1 unspecified atom stereocenters. The second-order valence-corrected chi connectivity index (χ2v) is 3.05. The van der Waals surface area contributed by atoms with Crippen LogP contribution in [0.15, 0.2) is 18.2 Å². The van der Waals surface area contributed by atoms with E-state index in [4.69, 9.17) is 10.5 Å². The van der Waals surface area contributed by atoms with Crippen LogP contribution in [0.4, 0.5) is 8.78 Å². The van der Waals surface area contributed by atoms with Crippen molar-refractivity contribution in [3.63, 3.8) is 0 Å². The van der Waals surface area contributed by atoms with Crippen LogP contribution in [0.25, 0.3) is 0 Å². The minimum atomic E-state index is -0.603. The highest BCUT2D eigenvalue weighted by Gasteiger charge is 2.11. The molecular weight excluding hydrogens is 188 g/mol. The summed E-state index contributed by atoms with van der Waals surface area (Å²) in [4.78, 5) is 0. The van der Waals surface area contributed by atoms with Crippen molar-refractivity contribution < 1.29 is 13.5 Å². The number of nitrogens with two attached hydrogens (primary N) is 1. The zero-order valence-corrected chi connectivity index (χ0v) is 7.97. The number of methoxy groups -OCH3 is 1. The molecule has 0 spiro atoms. The van der Waals surface area contributed by atoms with Gasteiger partial charge in [0.05, 0.1) is 0 Å². The van der Waals surface area contributed by atoms with Crippen molar-refractivity contribution in [2.24, 2.45) is 5.73 Å². The first-order valence-corrected chi connectivity index (χ1v) is 4.34. The SMILES string of the molecule is COCCC(N)c1ccc(F)cc1F. The summed E-state index contributed by atoms with van der Waals surface area (Å²) < 4.78 is 30.5. The Morgan fingerprint density at radius 2 is 2.14 bits per heavy atom. The molecular formula is C10H13F2NO. The predicted molar refractivity (Wildman–Crippen MR) is 49.8 cm³/mol. The molecule has 0 fully saturated rings. The Labute approximate surface area is 81.7 Å². The van der Waals surface area contributed by atoms with Crippen LogP contribution >= 0.6 is 0 Å². The van der Waals surface area contributed by atoms with Gasteiger partial charge in [0.15, 0.2) is 0 Å². The molecule has 0 bridgehead atoms. The number of hydrogen-bond acceptors (Lipinski definition) is 2. The largest absolute Gasteiger partial charge is 0.385 e. The van der Waals surface area contributed by atoms with Crippen LogP contribution in [0.2, 0.25) is 0 Å². The lowest BCUT2D eigenvalue weighted by atomic mass is 10.0. The molecule has 1 aromatic rings. The van der Waals surface area contributed by atoms with Crippen molar-refractivity contribution in [2.75, 3.05) is 13.7 Å². The van der Waals surface area contributed by atoms with Gasteiger partial charge in [-0.25, -0.2) is 8.78 Å². The fourth-order valence-corrected chi connectivity index (χ4v) is 1.20. The molecule has 0 aliphatic carbocycles. The summed E-state index contributed by atoms with van der Waals surface area (Å²) in [7, 11) is 1.55. The first-order chi connectivity index (χ1) is 6.65. The summed E-state index contributed by atoms with van der Waals surface area (Å²) in [6.07, 6.45) is 0.513. The van der Waals surface area contributed by atoms with Gasteiger partial charge in [0.2, 0.25) is 0 Å². The first-order valence-electron chi connectivity index (χ1n) is 4.34. The first kappa shape index (κ1) is 11.1. The van der Waals surface area contributed by atoms with E-state index < -0.39 is 17.7 Å². The lowest BCUT2D eigenvalue weighted by Gasteiger charge is -2.12. The summed E-state index contributed by atoms with van der Waals surface area (Å²) in [5.41, 5.74) is 6.01. The van der Waals surface area contributed by atoms with Gasteiger partial charge in [0.25, 0.3) is 0 Å². The van der Waals surface area contributed by atoms with E-state index in [1.807, 2.05) is 0 Å². The van der Waals surface area contributed by atoms with Crippen LogP contribution in [-0.4, -0.2) is 13.7 Å². The van der Waals surface area contributed by atoms with Crippen molar-refractivity contribution in [3.05, 3.63) is 35.4 Å². The van der Waals surface area contributed by atoms with Crippen LogP contribution in [0.1, 0.15) is 18.0 Å². The summed E-state index contributed by atoms with van der Waals surface area (Å²) in [6.45, 7) is 0.456. The second-order valence-electron chi connectivity index (χ2n) is 3.05. The van der Waals surface area contributed by atoms with E-state index >= 15 is 0 Å². The van der Waals surface area contributed by atoms with Crippen molar-refractivity contribution in [3.8, 4) is 0 Å². The van der Waals surface area contributed by atoms with Crippen molar-refractivity contribution in [1.29, 1.82) is 0 Å².